The molecule has 0 spiro atoms. The van der Waals surface area contributed by atoms with E-state index in [-0.39, 0.29) is 33.6 Å². The highest BCUT2D eigenvalue weighted by Gasteiger charge is 2.23. The van der Waals surface area contributed by atoms with E-state index in [2.05, 4.69) is 4.98 Å². The molecule has 0 atom stereocenters. The molecule has 1 aromatic carbocycles. The molecule has 0 aliphatic carbocycles. The molecule has 0 unspecified atom stereocenters. The molecule has 2 rings (SSSR count). The van der Waals surface area contributed by atoms with Gasteiger partial charge in [-0.15, -0.1) is 0 Å². The number of nitro groups is 1. The van der Waals surface area contributed by atoms with Crippen molar-refractivity contribution in [2.24, 2.45) is 0 Å². The van der Waals surface area contributed by atoms with E-state index in [1.807, 2.05) is 0 Å². The number of rotatable bonds is 3. The standard InChI is InChI=1S/C11H7ClN2O5/c1-5-9(11(15)16)13-10(19-5)7-3-2-6(12)4-8(7)14(17)18/h2-4H,1H3,(H,15,16). The second-order valence-corrected chi connectivity index (χ2v) is 4.08. The van der Waals surface area contributed by atoms with E-state index < -0.39 is 10.9 Å². The number of halogens is 1. The van der Waals surface area contributed by atoms with Crippen LogP contribution >= 0.6 is 11.6 Å². The lowest BCUT2D eigenvalue weighted by atomic mass is 10.2. The second-order valence-electron chi connectivity index (χ2n) is 3.65. The molecule has 7 nitrogen and oxygen atoms in total. The predicted molar refractivity (Wildman–Crippen MR) is 65.3 cm³/mol. The van der Waals surface area contributed by atoms with Crippen LogP contribution in [0.4, 0.5) is 5.69 Å². The average molecular weight is 283 g/mol. The third-order valence-electron chi connectivity index (χ3n) is 2.39. The summed E-state index contributed by atoms with van der Waals surface area (Å²) >= 11 is 5.69. The van der Waals surface area contributed by atoms with Gasteiger partial charge in [-0.2, -0.15) is 0 Å². The van der Waals surface area contributed by atoms with E-state index in [1.165, 1.54) is 19.1 Å². The number of aryl methyl sites for hydroxylation is 1. The van der Waals surface area contributed by atoms with Gasteiger partial charge in [-0.1, -0.05) is 11.6 Å². The Hall–Kier alpha value is -2.41. The van der Waals surface area contributed by atoms with Crippen molar-refractivity contribution < 1.29 is 19.2 Å². The Morgan fingerprint density at radius 2 is 2.21 bits per heavy atom. The summed E-state index contributed by atoms with van der Waals surface area (Å²) < 4.78 is 5.15. The van der Waals surface area contributed by atoms with E-state index in [9.17, 15) is 14.9 Å². The summed E-state index contributed by atoms with van der Waals surface area (Å²) in [6.45, 7) is 1.42. The van der Waals surface area contributed by atoms with Gasteiger partial charge in [0, 0.05) is 11.1 Å². The van der Waals surface area contributed by atoms with Crippen LogP contribution in [0.15, 0.2) is 22.6 Å². The van der Waals surface area contributed by atoms with Gasteiger partial charge in [0.1, 0.15) is 11.3 Å². The highest BCUT2D eigenvalue weighted by molar-refractivity contribution is 6.30. The van der Waals surface area contributed by atoms with E-state index in [0.29, 0.717) is 0 Å². The molecule has 0 aliphatic rings. The second kappa shape index (κ2) is 4.69. The van der Waals surface area contributed by atoms with Crippen LogP contribution in [0.1, 0.15) is 16.2 Å². The fourth-order valence-corrected chi connectivity index (χ4v) is 1.71. The van der Waals surface area contributed by atoms with Crippen LogP contribution in [0.5, 0.6) is 0 Å². The number of carboxylic acid groups (broad SMARTS) is 1. The number of carboxylic acids is 1. The Labute approximate surface area is 111 Å². The van der Waals surface area contributed by atoms with Crippen molar-refractivity contribution in [3.63, 3.8) is 0 Å². The monoisotopic (exact) mass is 282 g/mol. The van der Waals surface area contributed by atoms with Gasteiger partial charge in [0.2, 0.25) is 5.89 Å². The minimum atomic E-state index is -1.26. The summed E-state index contributed by atoms with van der Waals surface area (Å²) in [5.74, 6) is -1.31. The number of nitro benzene ring substituents is 1. The van der Waals surface area contributed by atoms with Gasteiger partial charge in [0.15, 0.2) is 5.69 Å². The Morgan fingerprint density at radius 1 is 1.53 bits per heavy atom. The molecule has 1 aromatic heterocycles. The van der Waals surface area contributed by atoms with Crippen LogP contribution < -0.4 is 0 Å². The first-order chi connectivity index (χ1) is 8.90. The number of aromatic nitrogens is 1. The zero-order chi connectivity index (χ0) is 14.2. The number of hydrogen-bond acceptors (Lipinski definition) is 5. The third-order valence-corrected chi connectivity index (χ3v) is 2.62. The van der Waals surface area contributed by atoms with Crippen molar-refractivity contribution in [2.45, 2.75) is 6.92 Å². The Balaban J connectivity index is 2.62. The maximum Gasteiger partial charge on any atom is 0.358 e. The van der Waals surface area contributed by atoms with Gasteiger partial charge in [-0.3, -0.25) is 10.1 Å². The number of hydrogen-bond donors (Lipinski definition) is 1. The molecular formula is C11H7ClN2O5. The minimum Gasteiger partial charge on any atom is -0.476 e. The van der Waals surface area contributed by atoms with Gasteiger partial charge in [-0.05, 0) is 19.1 Å². The third kappa shape index (κ3) is 2.41. The maximum absolute atomic E-state index is 10.9. The maximum atomic E-state index is 10.9. The number of aromatic carboxylic acids is 1. The molecule has 0 saturated carbocycles. The fourth-order valence-electron chi connectivity index (χ4n) is 1.55. The van der Waals surface area contributed by atoms with E-state index in [1.54, 1.807) is 0 Å². The predicted octanol–water partition coefficient (Wildman–Crippen LogP) is 2.91. The van der Waals surface area contributed by atoms with Crippen LogP contribution in [-0.2, 0) is 0 Å². The van der Waals surface area contributed by atoms with Crippen molar-refractivity contribution in [1.29, 1.82) is 0 Å². The fraction of sp³-hybridized carbons (Fsp3) is 0.0909. The van der Waals surface area contributed by atoms with Crippen LogP contribution in [-0.4, -0.2) is 21.0 Å². The van der Waals surface area contributed by atoms with Crippen molar-refractivity contribution in [2.75, 3.05) is 0 Å². The largest absolute Gasteiger partial charge is 0.476 e. The van der Waals surface area contributed by atoms with E-state index >= 15 is 0 Å². The number of carbonyl (C=O) groups is 1. The Kier molecular flexibility index (Phi) is 3.22. The summed E-state index contributed by atoms with van der Waals surface area (Å²) in [5, 5.41) is 20.0. The highest BCUT2D eigenvalue weighted by atomic mass is 35.5. The van der Waals surface area contributed by atoms with Crippen molar-refractivity contribution in [3.05, 3.63) is 44.8 Å². The lowest BCUT2D eigenvalue weighted by Gasteiger charge is -1.98. The molecule has 1 N–H and O–H groups in total. The lowest BCUT2D eigenvalue weighted by Crippen LogP contribution is -1.98. The van der Waals surface area contributed by atoms with Gasteiger partial charge in [0.05, 0.1) is 4.92 Å². The van der Waals surface area contributed by atoms with Crippen molar-refractivity contribution in [3.8, 4) is 11.5 Å². The average Bonchev–Trinajstić information content (AvgIpc) is 2.71. The van der Waals surface area contributed by atoms with Crippen LogP contribution in [0, 0.1) is 17.0 Å². The molecule has 0 amide bonds. The van der Waals surface area contributed by atoms with Crippen molar-refractivity contribution in [1.82, 2.24) is 4.98 Å². The summed E-state index contributed by atoms with van der Waals surface area (Å²) in [6.07, 6.45) is 0. The number of nitrogens with zero attached hydrogens (tertiary/aromatic N) is 2. The molecular weight excluding hydrogens is 276 g/mol. The molecule has 0 bridgehead atoms. The molecule has 1 heterocycles. The summed E-state index contributed by atoms with van der Waals surface area (Å²) in [4.78, 5) is 24.9. The number of oxazole rings is 1. The summed E-state index contributed by atoms with van der Waals surface area (Å²) in [5.41, 5.74) is -0.505. The molecule has 0 aliphatic heterocycles. The molecule has 0 saturated heterocycles. The van der Waals surface area contributed by atoms with Gasteiger partial charge in [0.25, 0.3) is 5.69 Å². The molecule has 0 radical (unpaired) electrons. The van der Waals surface area contributed by atoms with Crippen LogP contribution in [0.2, 0.25) is 5.02 Å². The quantitative estimate of drug-likeness (QED) is 0.685. The highest BCUT2D eigenvalue weighted by Crippen LogP contribution is 2.32. The molecule has 19 heavy (non-hydrogen) atoms. The molecule has 8 heteroatoms. The van der Waals surface area contributed by atoms with Gasteiger partial charge >= 0.3 is 5.97 Å². The summed E-state index contributed by atoms with van der Waals surface area (Å²) in [7, 11) is 0. The molecule has 0 fully saturated rings. The zero-order valence-electron chi connectivity index (χ0n) is 9.58. The normalized spacial score (nSPS) is 10.4. The summed E-state index contributed by atoms with van der Waals surface area (Å²) in [6, 6.07) is 3.94. The van der Waals surface area contributed by atoms with Gasteiger partial charge < -0.3 is 9.52 Å². The van der Waals surface area contributed by atoms with E-state index in [4.69, 9.17) is 21.1 Å². The SMILES string of the molecule is Cc1oc(-c2ccc(Cl)cc2[N+](=O)[O-])nc1C(=O)O. The topological polar surface area (TPSA) is 106 Å². The van der Waals surface area contributed by atoms with Crippen LogP contribution in [0.25, 0.3) is 11.5 Å². The Bertz CT molecular complexity index is 680. The first-order valence-electron chi connectivity index (χ1n) is 5.05. The first kappa shape index (κ1) is 13.0. The van der Waals surface area contributed by atoms with Gasteiger partial charge in [-0.25, -0.2) is 9.78 Å². The van der Waals surface area contributed by atoms with E-state index in [0.717, 1.165) is 6.07 Å². The van der Waals surface area contributed by atoms with Crippen molar-refractivity contribution >= 4 is 23.3 Å². The lowest BCUT2D eigenvalue weighted by molar-refractivity contribution is -0.384. The number of benzene rings is 1. The first-order valence-corrected chi connectivity index (χ1v) is 5.43. The minimum absolute atomic E-state index is 0.0741. The molecule has 2 aromatic rings. The van der Waals surface area contributed by atoms with Crippen LogP contribution in [0.3, 0.4) is 0 Å². The molecule has 98 valence electrons. The Morgan fingerprint density at radius 3 is 2.74 bits per heavy atom. The zero-order valence-corrected chi connectivity index (χ0v) is 10.3. The smallest absolute Gasteiger partial charge is 0.358 e.